The molecular formula is C11H14N2O3. The summed E-state index contributed by atoms with van der Waals surface area (Å²) in [5.74, 6) is -1.15. The first kappa shape index (κ1) is 12.0. The molecule has 0 aliphatic carbocycles. The highest BCUT2D eigenvalue weighted by molar-refractivity contribution is 6.39. The van der Waals surface area contributed by atoms with E-state index in [0.717, 1.165) is 0 Å². The van der Waals surface area contributed by atoms with Crippen LogP contribution in [0.25, 0.3) is 0 Å². The van der Waals surface area contributed by atoms with Gasteiger partial charge in [-0.05, 0) is 38.1 Å². The first-order chi connectivity index (χ1) is 7.49. The van der Waals surface area contributed by atoms with Gasteiger partial charge in [0.25, 0.3) is 0 Å². The van der Waals surface area contributed by atoms with Gasteiger partial charge < -0.3 is 15.8 Å². The van der Waals surface area contributed by atoms with E-state index >= 15 is 0 Å². The van der Waals surface area contributed by atoms with Crippen LogP contribution in [0.1, 0.15) is 13.8 Å². The first-order valence-electron chi connectivity index (χ1n) is 4.86. The summed E-state index contributed by atoms with van der Waals surface area (Å²) in [5.41, 5.74) is 5.30. The third-order valence-electron chi connectivity index (χ3n) is 1.71. The van der Waals surface area contributed by atoms with Gasteiger partial charge in [0.15, 0.2) is 0 Å². The third-order valence-corrected chi connectivity index (χ3v) is 1.71. The predicted molar refractivity (Wildman–Crippen MR) is 60.0 cm³/mol. The monoisotopic (exact) mass is 222 g/mol. The Morgan fingerprint density at radius 3 is 2.25 bits per heavy atom. The maximum atomic E-state index is 11.0. The molecule has 0 aliphatic heterocycles. The fourth-order valence-corrected chi connectivity index (χ4v) is 1.08. The van der Waals surface area contributed by atoms with Crippen molar-refractivity contribution in [1.29, 1.82) is 0 Å². The van der Waals surface area contributed by atoms with Gasteiger partial charge >= 0.3 is 11.8 Å². The Morgan fingerprint density at radius 1 is 1.25 bits per heavy atom. The average Bonchev–Trinajstić information content (AvgIpc) is 2.20. The molecule has 0 spiro atoms. The summed E-state index contributed by atoms with van der Waals surface area (Å²) >= 11 is 0. The number of rotatable bonds is 3. The van der Waals surface area contributed by atoms with Crippen LogP contribution in [0, 0.1) is 0 Å². The Labute approximate surface area is 93.6 Å². The normalized spacial score (nSPS) is 9.94. The summed E-state index contributed by atoms with van der Waals surface area (Å²) in [7, 11) is 0. The molecule has 0 aliphatic rings. The van der Waals surface area contributed by atoms with Gasteiger partial charge in [0.2, 0.25) is 0 Å². The SMILES string of the molecule is CC(C)Oc1ccc(NC(=O)C(N)=O)cc1. The van der Waals surface area contributed by atoms with Crippen molar-refractivity contribution in [3.05, 3.63) is 24.3 Å². The van der Waals surface area contributed by atoms with E-state index in [4.69, 9.17) is 10.5 Å². The van der Waals surface area contributed by atoms with Crippen molar-refractivity contribution in [2.75, 3.05) is 5.32 Å². The molecule has 5 heteroatoms. The topological polar surface area (TPSA) is 81.4 Å². The first-order valence-corrected chi connectivity index (χ1v) is 4.86. The Bertz CT molecular complexity index is 385. The van der Waals surface area contributed by atoms with Crippen LogP contribution < -0.4 is 15.8 Å². The number of amides is 2. The van der Waals surface area contributed by atoms with Gasteiger partial charge in [0.05, 0.1) is 6.10 Å². The Balaban J connectivity index is 2.64. The van der Waals surface area contributed by atoms with Crippen LogP contribution in [-0.2, 0) is 9.59 Å². The van der Waals surface area contributed by atoms with E-state index in [9.17, 15) is 9.59 Å². The van der Waals surface area contributed by atoms with Crippen LogP contribution in [0.5, 0.6) is 5.75 Å². The molecule has 16 heavy (non-hydrogen) atoms. The number of anilines is 1. The van der Waals surface area contributed by atoms with Crippen LogP contribution in [0.15, 0.2) is 24.3 Å². The average molecular weight is 222 g/mol. The molecule has 1 aromatic rings. The van der Waals surface area contributed by atoms with Crippen molar-refractivity contribution in [2.24, 2.45) is 5.73 Å². The highest BCUT2D eigenvalue weighted by Crippen LogP contribution is 2.16. The van der Waals surface area contributed by atoms with Gasteiger partial charge in [-0.15, -0.1) is 0 Å². The second kappa shape index (κ2) is 5.16. The van der Waals surface area contributed by atoms with Crippen LogP contribution in [0.2, 0.25) is 0 Å². The summed E-state index contributed by atoms with van der Waals surface area (Å²) in [5, 5.41) is 2.35. The van der Waals surface area contributed by atoms with Crippen LogP contribution in [-0.4, -0.2) is 17.9 Å². The minimum Gasteiger partial charge on any atom is -0.491 e. The van der Waals surface area contributed by atoms with Crippen LogP contribution >= 0.6 is 0 Å². The summed E-state index contributed by atoms with van der Waals surface area (Å²) in [4.78, 5) is 21.5. The number of carbonyl (C=O) groups is 2. The van der Waals surface area contributed by atoms with Gasteiger partial charge in [0.1, 0.15) is 5.75 Å². The smallest absolute Gasteiger partial charge is 0.313 e. The Morgan fingerprint density at radius 2 is 1.81 bits per heavy atom. The molecule has 5 nitrogen and oxygen atoms in total. The van der Waals surface area contributed by atoms with Crippen LogP contribution in [0.4, 0.5) is 5.69 Å². The van der Waals surface area contributed by atoms with Crippen molar-refractivity contribution in [3.8, 4) is 5.75 Å². The van der Waals surface area contributed by atoms with E-state index < -0.39 is 11.8 Å². The van der Waals surface area contributed by atoms with Crippen molar-refractivity contribution in [2.45, 2.75) is 20.0 Å². The highest BCUT2D eigenvalue weighted by atomic mass is 16.5. The van der Waals surface area contributed by atoms with Gasteiger partial charge in [-0.3, -0.25) is 9.59 Å². The standard InChI is InChI=1S/C11H14N2O3/c1-7(2)16-9-5-3-8(4-6-9)13-11(15)10(12)14/h3-7H,1-2H3,(H2,12,14)(H,13,15). The number of nitrogens with one attached hydrogen (secondary N) is 1. The van der Waals surface area contributed by atoms with E-state index in [2.05, 4.69) is 5.32 Å². The molecule has 3 N–H and O–H groups in total. The summed E-state index contributed by atoms with van der Waals surface area (Å²) < 4.78 is 5.42. The maximum absolute atomic E-state index is 11.0. The van der Waals surface area contributed by atoms with E-state index in [-0.39, 0.29) is 6.10 Å². The number of nitrogens with two attached hydrogens (primary N) is 1. The minimum absolute atomic E-state index is 0.0889. The molecule has 0 heterocycles. The van der Waals surface area contributed by atoms with Gasteiger partial charge in [-0.25, -0.2) is 0 Å². The zero-order valence-corrected chi connectivity index (χ0v) is 9.19. The van der Waals surface area contributed by atoms with Crippen molar-refractivity contribution >= 4 is 17.5 Å². The number of hydrogen-bond donors (Lipinski definition) is 2. The van der Waals surface area contributed by atoms with Crippen LogP contribution in [0.3, 0.4) is 0 Å². The molecule has 0 unspecified atom stereocenters. The lowest BCUT2D eigenvalue weighted by molar-refractivity contribution is -0.134. The van der Waals surface area contributed by atoms with Crippen molar-refractivity contribution in [1.82, 2.24) is 0 Å². The molecule has 0 bridgehead atoms. The summed E-state index contributed by atoms with van der Waals surface area (Å²) in [6, 6.07) is 6.68. The molecule has 1 aromatic carbocycles. The highest BCUT2D eigenvalue weighted by Gasteiger charge is 2.08. The molecule has 0 atom stereocenters. The quantitative estimate of drug-likeness (QED) is 0.745. The van der Waals surface area contributed by atoms with E-state index in [1.54, 1.807) is 24.3 Å². The second-order valence-electron chi connectivity index (χ2n) is 3.51. The lowest BCUT2D eigenvalue weighted by Crippen LogP contribution is -2.29. The number of carbonyl (C=O) groups excluding carboxylic acids is 2. The lowest BCUT2D eigenvalue weighted by atomic mass is 10.3. The lowest BCUT2D eigenvalue weighted by Gasteiger charge is -2.10. The number of primary amides is 1. The minimum atomic E-state index is -1.01. The molecule has 86 valence electrons. The molecule has 0 radical (unpaired) electrons. The molecule has 0 aromatic heterocycles. The maximum Gasteiger partial charge on any atom is 0.313 e. The van der Waals surface area contributed by atoms with Crippen molar-refractivity contribution < 1.29 is 14.3 Å². The van der Waals surface area contributed by atoms with Gasteiger partial charge in [-0.2, -0.15) is 0 Å². The van der Waals surface area contributed by atoms with E-state index in [1.165, 1.54) is 0 Å². The third kappa shape index (κ3) is 3.61. The Kier molecular flexibility index (Phi) is 3.88. The molecule has 1 rings (SSSR count). The summed E-state index contributed by atoms with van der Waals surface area (Å²) in [6.45, 7) is 3.84. The number of hydrogen-bond acceptors (Lipinski definition) is 3. The predicted octanol–water partition coefficient (Wildman–Crippen LogP) is 0.898. The molecule has 2 amide bonds. The number of ether oxygens (including phenoxy) is 1. The van der Waals surface area contributed by atoms with Crippen molar-refractivity contribution in [3.63, 3.8) is 0 Å². The molecular weight excluding hydrogens is 208 g/mol. The van der Waals surface area contributed by atoms with Gasteiger partial charge in [0, 0.05) is 5.69 Å². The van der Waals surface area contributed by atoms with Gasteiger partial charge in [-0.1, -0.05) is 0 Å². The number of benzene rings is 1. The zero-order valence-electron chi connectivity index (χ0n) is 9.19. The largest absolute Gasteiger partial charge is 0.491 e. The fraction of sp³-hybridized carbons (Fsp3) is 0.273. The fourth-order valence-electron chi connectivity index (χ4n) is 1.08. The molecule has 0 fully saturated rings. The van der Waals surface area contributed by atoms with E-state index in [1.807, 2.05) is 13.8 Å². The second-order valence-corrected chi connectivity index (χ2v) is 3.51. The summed E-state index contributed by atoms with van der Waals surface area (Å²) in [6.07, 6.45) is 0.0889. The molecule has 0 saturated heterocycles. The van der Waals surface area contributed by atoms with E-state index in [0.29, 0.717) is 11.4 Å². The molecule has 0 saturated carbocycles. The zero-order chi connectivity index (χ0) is 12.1. The Hall–Kier alpha value is -2.04.